The van der Waals surface area contributed by atoms with Gasteiger partial charge in [0.25, 0.3) is 5.82 Å². The lowest BCUT2D eigenvalue weighted by molar-refractivity contribution is 0.594. The van der Waals surface area contributed by atoms with Crippen LogP contribution in [0.2, 0.25) is 0 Å². The summed E-state index contributed by atoms with van der Waals surface area (Å²) in [5.74, 6) is -0.0261. The van der Waals surface area contributed by atoms with Crippen molar-refractivity contribution in [3.8, 4) is 22.6 Å². The van der Waals surface area contributed by atoms with Crippen molar-refractivity contribution >= 4 is 11.5 Å². The van der Waals surface area contributed by atoms with Crippen molar-refractivity contribution in [1.82, 2.24) is 24.1 Å². The summed E-state index contributed by atoms with van der Waals surface area (Å²) >= 11 is 0. The standard InChI is InChI=1S/C20H12FN7/c1-22-17-11-24-16-8-7-15(26-28(16)17)19-18(13-3-5-14(21)6-4-13)25-12-27(19)20(23-2)9-10-20/h3-8,11-12H,9-10H2. The molecular formula is C20H12FN7. The van der Waals surface area contributed by atoms with Gasteiger partial charge in [-0.1, -0.05) is 11.7 Å². The normalized spacial score (nSPS) is 14.5. The summed E-state index contributed by atoms with van der Waals surface area (Å²) < 4.78 is 16.7. The van der Waals surface area contributed by atoms with E-state index in [9.17, 15) is 4.39 Å². The first-order valence-corrected chi connectivity index (χ1v) is 8.60. The third-order valence-electron chi connectivity index (χ3n) is 4.94. The number of aromatic nitrogens is 5. The zero-order valence-electron chi connectivity index (χ0n) is 14.5. The van der Waals surface area contributed by atoms with Crippen LogP contribution in [-0.4, -0.2) is 24.1 Å². The summed E-state index contributed by atoms with van der Waals surface area (Å²) in [5, 5.41) is 4.59. The van der Waals surface area contributed by atoms with Crippen molar-refractivity contribution in [3.63, 3.8) is 0 Å². The van der Waals surface area contributed by atoms with Gasteiger partial charge in [-0.05, 0) is 30.3 Å². The van der Waals surface area contributed by atoms with Crippen molar-refractivity contribution in [2.24, 2.45) is 0 Å². The number of nitrogens with zero attached hydrogens (tertiary/aromatic N) is 7. The lowest BCUT2D eigenvalue weighted by Gasteiger charge is -2.10. The van der Waals surface area contributed by atoms with Crippen molar-refractivity contribution in [2.75, 3.05) is 0 Å². The molecule has 1 fully saturated rings. The van der Waals surface area contributed by atoms with Crippen LogP contribution in [0.3, 0.4) is 0 Å². The monoisotopic (exact) mass is 369 g/mol. The summed E-state index contributed by atoms with van der Waals surface area (Å²) in [4.78, 5) is 16.0. The Labute approximate surface area is 159 Å². The van der Waals surface area contributed by atoms with Crippen LogP contribution >= 0.6 is 0 Å². The van der Waals surface area contributed by atoms with Gasteiger partial charge in [-0.25, -0.2) is 20.9 Å². The summed E-state index contributed by atoms with van der Waals surface area (Å²) in [6.07, 6.45) is 4.60. The Bertz CT molecular complexity index is 1300. The molecule has 0 N–H and O–H groups in total. The number of rotatable bonds is 3. The average molecular weight is 369 g/mol. The van der Waals surface area contributed by atoms with Gasteiger partial charge in [0.05, 0.1) is 24.7 Å². The van der Waals surface area contributed by atoms with Crippen LogP contribution in [0.1, 0.15) is 12.8 Å². The van der Waals surface area contributed by atoms with E-state index >= 15 is 0 Å². The first kappa shape index (κ1) is 16.2. The number of imidazole rings is 2. The Kier molecular flexibility index (Phi) is 3.31. The summed E-state index contributed by atoms with van der Waals surface area (Å²) in [6, 6.07) is 9.65. The maximum atomic E-state index is 13.4. The van der Waals surface area contributed by atoms with Crippen molar-refractivity contribution < 1.29 is 4.39 Å². The number of hydrogen-bond donors (Lipinski definition) is 0. The molecule has 134 valence electrons. The topological polar surface area (TPSA) is 56.7 Å². The molecule has 3 aromatic heterocycles. The van der Waals surface area contributed by atoms with E-state index in [-0.39, 0.29) is 5.82 Å². The van der Waals surface area contributed by atoms with E-state index in [2.05, 4.69) is 24.8 Å². The molecule has 1 aliphatic carbocycles. The second-order valence-electron chi connectivity index (χ2n) is 6.63. The van der Waals surface area contributed by atoms with Crippen molar-refractivity contribution in [1.29, 1.82) is 0 Å². The number of halogens is 1. The molecule has 0 aliphatic heterocycles. The van der Waals surface area contributed by atoms with Gasteiger partial charge in [-0.2, -0.15) is 0 Å². The molecule has 0 spiro atoms. The minimum Gasteiger partial charge on any atom is -0.360 e. The molecule has 3 heterocycles. The fraction of sp³-hybridized carbons (Fsp3) is 0.150. The SMILES string of the molecule is [C-]#[N+]c1cnc2ccc(-c3c(-c4ccc(F)cc4)ncn3C3([N+]#[C-])CC3)nn12. The van der Waals surface area contributed by atoms with Crippen LogP contribution < -0.4 is 0 Å². The molecule has 1 aliphatic rings. The summed E-state index contributed by atoms with van der Waals surface area (Å²) in [6.45, 7) is 14.9. The largest absolute Gasteiger partial charge is 0.360 e. The maximum Gasteiger partial charge on any atom is 0.313 e. The Morgan fingerprint density at radius 2 is 1.82 bits per heavy atom. The lowest BCUT2D eigenvalue weighted by atomic mass is 10.1. The zero-order chi connectivity index (χ0) is 19.3. The van der Waals surface area contributed by atoms with Gasteiger partial charge in [-0.15, -0.1) is 4.52 Å². The van der Waals surface area contributed by atoms with E-state index in [1.165, 1.54) is 22.8 Å². The lowest BCUT2D eigenvalue weighted by Crippen LogP contribution is -2.13. The van der Waals surface area contributed by atoms with Gasteiger partial charge in [0.1, 0.15) is 23.5 Å². The number of hydrogen-bond acceptors (Lipinski definition) is 3. The number of benzene rings is 1. The average Bonchev–Trinajstić information content (AvgIpc) is 3.21. The summed E-state index contributed by atoms with van der Waals surface area (Å²) in [5.41, 5.74) is 2.50. The van der Waals surface area contributed by atoms with Crippen LogP contribution in [-0.2, 0) is 5.66 Å². The quantitative estimate of drug-likeness (QED) is 0.506. The smallest absolute Gasteiger partial charge is 0.313 e. The minimum atomic E-state index is -0.658. The Morgan fingerprint density at radius 1 is 1.04 bits per heavy atom. The maximum absolute atomic E-state index is 13.4. The van der Waals surface area contributed by atoms with E-state index in [0.29, 0.717) is 28.5 Å². The zero-order valence-corrected chi connectivity index (χ0v) is 14.5. The Morgan fingerprint density at radius 3 is 2.50 bits per heavy atom. The molecule has 7 nitrogen and oxygen atoms in total. The molecular weight excluding hydrogens is 357 g/mol. The molecule has 4 aromatic rings. The van der Waals surface area contributed by atoms with Gasteiger partial charge in [0, 0.05) is 11.6 Å². The molecule has 0 unspecified atom stereocenters. The fourth-order valence-corrected chi connectivity index (χ4v) is 3.31. The summed E-state index contributed by atoms with van der Waals surface area (Å²) in [7, 11) is 0. The molecule has 0 saturated heterocycles. The van der Waals surface area contributed by atoms with Gasteiger partial charge in [0.15, 0.2) is 0 Å². The van der Waals surface area contributed by atoms with E-state index in [4.69, 9.17) is 13.1 Å². The van der Waals surface area contributed by atoms with E-state index in [1.54, 1.807) is 30.6 Å². The molecule has 5 rings (SSSR count). The second kappa shape index (κ2) is 5.73. The third kappa shape index (κ3) is 2.29. The van der Waals surface area contributed by atoms with Crippen molar-refractivity contribution in [3.05, 3.63) is 77.6 Å². The molecule has 0 amide bonds. The minimum absolute atomic E-state index is 0.303. The predicted octanol–water partition coefficient (Wildman–Crippen LogP) is 4.32. The van der Waals surface area contributed by atoms with Crippen LogP contribution in [0, 0.1) is 19.0 Å². The van der Waals surface area contributed by atoms with Crippen LogP contribution in [0.4, 0.5) is 10.2 Å². The van der Waals surface area contributed by atoms with Gasteiger partial charge in [0.2, 0.25) is 5.65 Å². The Hall–Kier alpha value is -4.04. The first-order valence-electron chi connectivity index (χ1n) is 8.60. The van der Waals surface area contributed by atoms with E-state index < -0.39 is 5.66 Å². The van der Waals surface area contributed by atoms with E-state index in [1.807, 2.05) is 4.57 Å². The third-order valence-corrected chi connectivity index (χ3v) is 4.94. The Balaban J connectivity index is 1.77. The highest BCUT2D eigenvalue weighted by Gasteiger charge is 2.54. The molecule has 28 heavy (non-hydrogen) atoms. The molecule has 1 aromatic carbocycles. The first-order chi connectivity index (χ1) is 13.6. The highest BCUT2D eigenvalue weighted by Crippen LogP contribution is 2.48. The van der Waals surface area contributed by atoms with Crippen LogP contribution in [0.5, 0.6) is 0 Å². The van der Waals surface area contributed by atoms with Crippen LogP contribution in [0.25, 0.3) is 38.0 Å². The molecule has 0 radical (unpaired) electrons. The van der Waals surface area contributed by atoms with Crippen molar-refractivity contribution in [2.45, 2.75) is 18.5 Å². The highest BCUT2D eigenvalue weighted by atomic mass is 19.1. The van der Waals surface area contributed by atoms with Gasteiger partial charge < -0.3 is 4.85 Å². The highest BCUT2D eigenvalue weighted by molar-refractivity contribution is 5.77. The molecule has 0 atom stereocenters. The molecule has 8 heteroatoms. The second-order valence-corrected chi connectivity index (χ2v) is 6.63. The van der Waals surface area contributed by atoms with E-state index in [0.717, 1.165) is 18.4 Å². The van der Waals surface area contributed by atoms with Gasteiger partial charge in [-0.3, -0.25) is 9.41 Å². The molecule has 0 bridgehead atoms. The number of fused-ring (bicyclic) bond motifs is 1. The fourth-order valence-electron chi connectivity index (χ4n) is 3.31. The van der Waals surface area contributed by atoms with Crippen LogP contribution in [0.15, 0.2) is 48.9 Å². The molecule has 1 saturated carbocycles. The van der Waals surface area contributed by atoms with Gasteiger partial charge >= 0.3 is 5.66 Å². The predicted molar refractivity (Wildman–Crippen MR) is 99.7 cm³/mol.